The van der Waals surface area contributed by atoms with Crippen LogP contribution in [0, 0.1) is 5.82 Å². The second-order valence-electron chi connectivity index (χ2n) is 5.06. The van der Waals surface area contributed by atoms with Gasteiger partial charge in [0.15, 0.2) is 0 Å². The van der Waals surface area contributed by atoms with Gasteiger partial charge in [-0.2, -0.15) is 11.8 Å². The van der Waals surface area contributed by atoms with Gasteiger partial charge in [-0.3, -0.25) is 0 Å². The predicted octanol–water partition coefficient (Wildman–Crippen LogP) is 3.29. The van der Waals surface area contributed by atoms with Crippen molar-refractivity contribution in [2.45, 2.75) is 31.8 Å². The first-order valence-corrected chi connectivity index (χ1v) is 8.14. The summed E-state index contributed by atoms with van der Waals surface area (Å²) in [6.45, 7) is 3.22. The molecule has 0 bridgehead atoms. The molecule has 1 aromatic carbocycles. The number of rotatable bonds is 8. The molecule has 0 saturated heterocycles. The normalized spacial score (nSPS) is 14.6. The fourth-order valence-corrected chi connectivity index (χ4v) is 2.53. The van der Waals surface area contributed by atoms with Crippen molar-refractivity contribution < 1.29 is 4.39 Å². The number of nitrogens with zero attached hydrogens (tertiary/aromatic N) is 1. The van der Waals surface area contributed by atoms with Gasteiger partial charge < -0.3 is 10.6 Å². The molecule has 0 spiro atoms. The van der Waals surface area contributed by atoms with Crippen molar-refractivity contribution in [1.82, 2.24) is 4.90 Å². The summed E-state index contributed by atoms with van der Waals surface area (Å²) in [5, 5.41) is 0. The summed E-state index contributed by atoms with van der Waals surface area (Å²) in [5.41, 5.74) is 7.15. The summed E-state index contributed by atoms with van der Waals surface area (Å²) in [6, 6.07) is 7.05. The van der Waals surface area contributed by atoms with Crippen LogP contribution in [0.1, 0.15) is 31.4 Å². The standard InChI is InChI=1S/C15H25FN2S/c1-12(9-11-19-3)18(2)10-8-15(17)13-4-6-14(16)7-5-13/h4-7,12,15H,8-11,17H2,1-3H3. The zero-order valence-electron chi connectivity index (χ0n) is 12.1. The van der Waals surface area contributed by atoms with Gasteiger partial charge in [0.25, 0.3) is 0 Å². The maximum Gasteiger partial charge on any atom is 0.123 e. The lowest BCUT2D eigenvalue weighted by Crippen LogP contribution is -2.32. The molecular formula is C15H25FN2S. The van der Waals surface area contributed by atoms with Crippen LogP contribution in [-0.4, -0.2) is 36.5 Å². The van der Waals surface area contributed by atoms with Crippen LogP contribution in [0.2, 0.25) is 0 Å². The molecule has 0 aliphatic rings. The molecule has 2 unspecified atom stereocenters. The quantitative estimate of drug-likeness (QED) is 0.794. The van der Waals surface area contributed by atoms with Crippen molar-refractivity contribution in [2.24, 2.45) is 5.73 Å². The SMILES string of the molecule is CSCCC(C)N(C)CCC(N)c1ccc(F)cc1. The summed E-state index contributed by atoms with van der Waals surface area (Å²) in [7, 11) is 2.14. The average molecular weight is 284 g/mol. The summed E-state index contributed by atoms with van der Waals surface area (Å²) in [6.07, 6.45) is 4.23. The molecule has 108 valence electrons. The second kappa shape index (κ2) is 8.56. The van der Waals surface area contributed by atoms with Crippen LogP contribution in [0.5, 0.6) is 0 Å². The molecule has 0 fully saturated rings. The van der Waals surface area contributed by atoms with Gasteiger partial charge in [0.2, 0.25) is 0 Å². The van der Waals surface area contributed by atoms with Crippen molar-refractivity contribution in [3.63, 3.8) is 0 Å². The molecule has 1 rings (SSSR count). The molecule has 0 amide bonds. The molecule has 4 heteroatoms. The topological polar surface area (TPSA) is 29.3 Å². The van der Waals surface area contributed by atoms with Crippen molar-refractivity contribution in [3.8, 4) is 0 Å². The summed E-state index contributed by atoms with van der Waals surface area (Å²) in [5.74, 6) is 0.981. The Morgan fingerprint density at radius 2 is 1.89 bits per heavy atom. The van der Waals surface area contributed by atoms with Gasteiger partial charge in [-0.15, -0.1) is 0 Å². The van der Waals surface area contributed by atoms with E-state index in [0.29, 0.717) is 6.04 Å². The van der Waals surface area contributed by atoms with Crippen LogP contribution < -0.4 is 5.73 Å². The molecule has 2 atom stereocenters. The first kappa shape index (κ1) is 16.5. The average Bonchev–Trinajstić information content (AvgIpc) is 2.42. The molecule has 2 nitrogen and oxygen atoms in total. The molecule has 0 aromatic heterocycles. The number of hydrogen-bond acceptors (Lipinski definition) is 3. The van der Waals surface area contributed by atoms with Crippen LogP contribution in [-0.2, 0) is 0 Å². The van der Waals surface area contributed by atoms with Crippen molar-refractivity contribution in [2.75, 3.05) is 25.6 Å². The minimum Gasteiger partial charge on any atom is -0.324 e. The summed E-state index contributed by atoms with van der Waals surface area (Å²) in [4.78, 5) is 2.35. The Morgan fingerprint density at radius 3 is 2.47 bits per heavy atom. The Kier molecular flexibility index (Phi) is 7.42. The highest BCUT2D eigenvalue weighted by Gasteiger charge is 2.11. The van der Waals surface area contributed by atoms with Crippen LogP contribution >= 0.6 is 11.8 Å². The molecule has 0 heterocycles. The van der Waals surface area contributed by atoms with E-state index in [2.05, 4.69) is 25.1 Å². The Balaban J connectivity index is 2.36. The highest BCUT2D eigenvalue weighted by atomic mass is 32.2. The Hall–Kier alpha value is -0.580. The molecule has 0 aliphatic carbocycles. The summed E-state index contributed by atoms with van der Waals surface area (Å²) >= 11 is 1.88. The van der Waals surface area contributed by atoms with Crippen LogP contribution in [0.4, 0.5) is 4.39 Å². The molecule has 0 saturated carbocycles. The highest BCUT2D eigenvalue weighted by molar-refractivity contribution is 7.98. The number of benzene rings is 1. The third kappa shape index (κ3) is 5.93. The molecule has 0 radical (unpaired) electrons. The van der Waals surface area contributed by atoms with E-state index in [1.54, 1.807) is 12.1 Å². The molecule has 19 heavy (non-hydrogen) atoms. The Labute approximate surface area is 120 Å². The van der Waals surface area contributed by atoms with Gasteiger partial charge in [0.05, 0.1) is 0 Å². The fraction of sp³-hybridized carbons (Fsp3) is 0.600. The maximum absolute atomic E-state index is 12.8. The first-order valence-electron chi connectivity index (χ1n) is 6.74. The Morgan fingerprint density at radius 1 is 1.26 bits per heavy atom. The van der Waals surface area contributed by atoms with E-state index >= 15 is 0 Å². The lowest BCUT2D eigenvalue weighted by atomic mass is 10.0. The van der Waals surface area contributed by atoms with Gasteiger partial charge in [-0.25, -0.2) is 4.39 Å². The van der Waals surface area contributed by atoms with Crippen molar-refractivity contribution in [1.29, 1.82) is 0 Å². The fourth-order valence-electron chi connectivity index (χ4n) is 1.95. The van der Waals surface area contributed by atoms with Crippen LogP contribution in [0.3, 0.4) is 0 Å². The van der Waals surface area contributed by atoms with E-state index in [0.717, 1.165) is 18.5 Å². The van der Waals surface area contributed by atoms with Gasteiger partial charge in [-0.1, -0.05) is 12.1 Å². The smallest absolute Gasteiger partial charge is 0.123 e. The molecular weight excluding hydrogens is 259 g/mol. The van der Waals surface area contributed by atoms with Crippen molar-refractivity contribution in [3.05, 3.63) is 35.6 Å². The maximum atomic E-state index is 12.8. The predicted molar refractivity (Wildman–Crippen MR) is 83.0 cm³/mol. The van der Waals surface area contributed by atoms with Gasteiger partial charge in [0.1, 0.15) is 5.82 Å². The number of halogens is 1. The minimum absolute atomic E-state index is 0.0178. The van der Waals surface area contributed by atoms with E-state index in [-0.39, 0.29) is 11.9 Å². The van der Waals surface area contributed by atoms with Crippen molar-refractivity contribution >= 4 is 11.8 Å². The lowest BCUT2D eigenvalue weighted by molar-refractivity contribution is 0.244. The van der Waals surface area contributed by atoms with Crippen LogP contribution in [0.15, 0.2) is 24.3 Å². The largest absolute Gasteiger partial charge is 0.324 e. The van der Waals surface area contributed by atoms with E-state index in [4.69, 9.17) is 5.73 Å². The van der Waals surface area contributed by atoms with Crippen LogP contribution in [0.25, 0.3) is 0 Å². The zero-order chi connectivity index (χ0) is 14.3. The molecule has 0 aliphatic heterocycles. The molecule has 1 aromatic rings. The monoisotopic (exact) mass is 284 g/mol. The lowest BCUT2D eigenvalue weighted by Gasteiger charge is -2.26. The highest BCUT2D eigenvalue weighted by Crippen LogP contribution is 2.16. The van der Waals surface area contributed by atoms with E-state index in [1.165, 1.54) is 24.3 Å². The number of hydrogen-bond donors (Lipinski definition) is 1. The third-order valence-electron chi connectivity index (χ3n) is 3.58. The Bertz CT molecular complexity index is 356. The second-order valence-corrected chi connectivity index (χ2v) is 6.04. The van der Waals surface area contributed by atoms with E-state index in [1.807, 2.05) is 11.8 Å². The molecule has 2 N–H and O–H groups in total. The van der Waals surface area contributed by atoms with E-state index < -0.39 is 0 Å². The first-order chi connectivity index (χ1) is 9.04. The van der Waals surface area contributed by atoms with Gasteiger partial charge in [-0.05, 0) is 63.1 Å². The number of nitrogens with two attached hydrogens (primary N) is 1. The van der Waals surface area contributed by atoms with Gasteiger partial charge >= 0.3 is 0 Å². The number of thioether (sulfide) groups is 1. The summed E-state index contributed by atoms with van der Waals surface area (Å²) < 4.78 is 12.8. The minimum atomic E-state index is -0.209. The van der Waals surface area contributed by atoms with E-state index in [9.17, 15) is 4.39 Å². The van der Waals surface area contributed by atoms with Gasteiger partial charge in [0, 0.05) is 12.1 Å². The zero-order valence-corrected chi connectivity index (χ0v) is 12.9. The third-order valence-corrected chi connectivity index (χ3v) is 4.23.